The summed E-state index contributed by atoms with van der Waals surface area (Å²) in [6.07, 6.45) is 0.518. The minimum absolute atomic E-state index is 0.0585. The van der Waals surface area contributed by atoms with Crippen molar-refractivity contribution in [3.05, 3.63) is 41.6 Å². The lowest BCUT2D eigenvalue weighted by atomic mass is 10.0. The van der Waals surface area contributed by atoms with Crippen LogP contribution in [0.3, 0.4) is 0 Å². The molecule has 2 rings (SSSR count). The quantitative estimate of drug-likeness (QED) is 0.783. The van der Waals surface area contributed by atoms with Crippen molar-refractivity contribution in [3.8, 4) is 0 Å². The summed E-state index contributed by atoms with van der Waals surface area (Å²) in [5, 5.41) is 12.5. The van der Waals surface area contributed by atoms with Gasteiger partial charge in [-0.1, -0.05) is 12.6 Å². The molecule has 17 heavy (non-hydrogen) atoms. The molecule has 1 fully saturated rings. The fraction of sp³-hybridized carbons (Fsp3) is 0.357. The van der Waals surface area contributed by atoms with Gasteiger partial charge in [-0.2, -0.15) is 0 Å². The standard InChI is InChI=1S/C14H17NO2/c1-8-4-5-11(6-12(8)10(3)16)15-9(2)13-7-14(13)17/h4-6,13-15,17H,2,7H2,1,3H3. The number of carbonyl (C=O) groups excluding carboxylic acids is 1. The van der Waals surface area contributed by atoms with Crippen molar-refractivity contribution in [2.24, 2.45) is 5.92 Å². The number of benzene rings is 1. The number of hydrogen-bond donors (Lipinski definition) is 2. The van der Waals surface area contributed by atoms with Crippen LogP contribution in [-0.2, 0) is 0 Å². The third-order valence-corrected chi connectivity index (χ3v) is 3.13. The number of nitrogens with one attached hydrogen (secondary N) is 1. The van der Waals surface area contributed by atoms with Crippen LogP contribution in [0, 0.1) is 12.8 Å². The first-order chi connectivity index (χ1) is 7.99. The second-order valence-corrected chi connectivity index (χ2v) is 4.65. The first kappa shape index (κ1) is 11.9. The zero-order valence-electron chi connectivity index (χ0n) is 10.2. The molecule has 0 spiro atoms. The number of aryl methyl sites for hydroxylation is 1. The molecule has 1 saturated carbocycles. The Labute approximate surface area is 101 Å². The lowest BCUT2D eigenvalue weighted by Gasteiger charge is -2.11. The van der Waals surface area contributed by atoms with Gasteiger partial charge in [-0.15, -0.1) is 0 Å². The van der Waals surface area contributed by atoms with Gasteiger partial charge in [0.15, 0.2) is 5.78 Å². The predicted molar refractivity (Wildman–Crippen MR) is 68.1 cm³/mol. The first-order valence-electron chi connectivity index (χ1n) is 5.74. The number of hydrogen-bond acceptors (Lipinski definition) is 3. The lowest BCUT2D eigenvalue weighted by Crippen LogP contribution is -2.04. The van der Waals surface area contributed by atoms with Crippen molar-refractivity contribution in [2.45, 2.75) is 26.4 Å². The highest BCUT2D eigenvalue weighted by atomic mass is 16.3. The van der Waals surface area contributed by atoms with Crippen LogP contribution in [0.2, 0.25) is 0 Å². The van der Waals surface area contributed by atoms with E-state index in [4.69, 9.17) is 0 Å². The smallest absolute Gasteiger partial charge is 0.160 e. The Bertz CT molecular complexity index is 479. The van der Waals surface area contributed by atoms with Crippen LogP contribution in [0.25, 0.3) is 0 Å². The van der Waals surface area contributed by atoms with Crippen LogP contribution in [0.15, 0.2) is 30.5 Å². The maximum atomic E-state index is 11.4. The fourth-order valence-electron chi connectivity index (χ4n) is 1.91. The first-order valence-corrected chi connectivity index (χ1v) is 5.74. The van der Waals surface area contributed by atoms with Crippen LogP contribution < -0.4 is 5.32 Å². The summed E-state index contributed by atoms with van der Waals surface area (Å²) in [4.78, 5) is 11.4. The van der Waals surface area contributed by atoms with E-state index in [1.54, 1.807) is 6.92 Å². The largest absolute Gasteiger partial charge is 0.392 e. The van der Waals surface area contributed by atoms with E-state index in [2.05, 4.69) is 11.9 Å². The van der Waals surface area contributed by atoms with Gasteiger partial charge in [0.25, 0.3) is 0 Å². The molecule has 1 aliphatic carbocycles. The maximum Gasteiger partial charge on any atom is 0.160 e. The molecule has 2 atom stereocenters. The van der Waals surface area contributed by atoms with Crippen LogP contribution in [0.4, 0.5) is 5.69 Å². The fourth-order valence-corrected chi connectivity index (χ4v) is 1.91. The number of rotatable bonds is 4. The van der Waals surface area contributed by atoms with Gasteiger partial charge in [0.2, 0.25) is 0 Å². The third kappa shape index (κ3) is 2.56. The minimum atomic E-state index is -0.257. The van der Waals surface area contributed by atoms with Crippen molar-refractivity contribution in [1.82, 2.24) is 0 Å². The summed E-state index contributed by atoms with van der Waals surface area (Å²) in [5.41, 5.74) is 3.36. The summed E-state index contributed by atoms with van der Waals surface area (Å²) in [6.45, 7) is 7.38. The Hall–Kier alpha value is -1.61. The molecule has 0 radical (unpaired) electrons. The molecule has 0 bridgehead atoms. The molecule has 2 N–H and O–H groups in total. The van der Waals surface area contributed by atoms with Gasteiger partial charge < -0.3 is 10.4 Å². The number of ketones is 1. The molecule has 0 aromatic heterocycles. The van der Waals surface area contributed by atoms with E-state index in [1.165, 1.54) is 0 Å². The van der Waals surface area contributed by atoms with Gasteiger partial charge in [-0.05, 0) is 38.0 Å². The summed E-state index contributed by atoms with van der Waals surface area (Å²) in [5.74, 6) is 0.209. The van der Waals surface area contributed by atoms with E-state index in [9.17, 15) is 9.90 Å². The number of aliphatic hydroxyl groups is 1. The van der Waals surface area contributed by atoms with Crippen molar-refractivity contribution in [2.75, 3.05) is 5.32 Å². The van der Waals surface area contributed by atoms with Gasteiger partial charge >= 0.3 is 0 Å². The molecule has 1 aromatic carbocycles. The average Bonchev–Trinajstić information content (AvgIpc) is 2.98. The van der Waals surface area contributed by atoms with E-state index in [1.807, 2.05) is 25.1 Å². The summed E-state index contributed by atoms with van der Waals surface area (Å²) in [6, 6.07) is 5.66. The van der Waals surface area contributed by atoms with Crippen molar-refractivity contribution >= 4 is 11.5 Å². The zero-order valence-corrected chi connectivity index (χ0v) is 10.2. The lowest BCUT2D eigenvalue weighted by molar-refractivity contribution is 0.101. The van der Waals surface area contributed by atoms with Crippen LogP contribution in [-0.4, -0.2) is 17.0 Å². The second-order valence-electron chi connectivity index (χ2n) is 4.65. The Balaban J connectivity index is 2.14. The Morgan fingerprint density at radius 2 is 2.18 bits per heavy atom. The zero-order chi connectivity index (χ0) is 12.6. The van der Waals surface area contributed by atoms with Crippen LogP contribution >= 0.6 is 0 Å². The number of carbonyl (C=O) groups is 1. The van der Waals surface area contributed by atoms with E-state index in [0.29, 0.717) is 0 Å². The van der Waals surface area contributed by atoms with Crippen LogP contribution in [0.5, 0.6) is 0 Å². The van der Waals surface area contributed by atoms with Crippen molar-refractivity contribution in [3.63, 3.8) is 0 Å². The number of Topliss-reactive ketones (excluding diaryl/α,β-unsaturated/α-hetero) is 1. The molecule has 3 nitrogen and oxygen atoms in total. The molecule has 90 valence electrons. The maximum absolute atomic E-state index is 11.4. The Kier molecular flexibility index (Phi) is 3.03. The summed E-state index contributed by atoms with van der Waals surface area (Å²) < 4.78 is 0. The van der Waals surface area contributed by atoms with E-state index >= 15 is 0 Å². The molecule has 1 aromatic rings. The average molecular weight is 231 g/mol. The van der Waals surface area contributed by atoms with Gasteiger partial charge in [0.05, 0.1) is 6.10 Å². The van der Waals surface area contributed by atoms with Gasteiger partial charge in [-0.3, -0.25) is 4.79 Å². The molecule has 0 saturated heterocycles. The van der Waals surface area contributed by atoms with Gasteiger partial charge in [0.1, 0.15) is 0 Å². The van der Waals surface area contributed by atoms with Crippen molar-refractivity contribution < 1.29 is 9.90 Å². The Morgan fingerprint density at radius 3 is 2.71 bits per heavy atom. The van der Waals surface area contributed by atoms with Gasteiger partial charge in [0, 0.05) is 22.9 Å². The molecular weight excluding hydrogens is 214 g/mol. The molecule has 2 unspecified atom stereocenters. The SMILES string of the molecule is C=C(Nc1ccc(C)c(C(C)=O)c1)C1CC1O. The monoisotopic (exact) mass is 231 g/mol. The van der Waals surface area contributed by atoms with Crippen molar-refractivity contribution in [1.29, 1.82) is 0 Å². The summed E-state index contributed by atoms with van der Waals surface area (Å²) in [7, 11) is 0. The number of anilines is 1. The highest BCUT2D eigenvalue weighted by Gasteiger charge is 2.37. The normalized spacial score (nSPS) is 22.1. The summed E-state index contributed by atoms with van der Waals surface area (Å²) >= 11 is 0. The van der Waals surface area contributed by atoms with E-state index in [0.717, 1.165) is 28.9 Å². The minimum Gasteiger partial charge on any atom is -0.392 e. The molecular formula is C14H17NO2. The molecule has 0 aliphatic heterocycles. The van der Waals surface area contributed by atoms with E-state index in [-0.39, 0.29) is 17.8 Å². The molecule has 0 amide bonds. The van der Waals surface area contributed by atoms with Gasteiger partial charge in [-0.25, -0.2) is 0 Å². The third-order valence-electron chi connectivity index (χ3n) is 3.13. The molecule has 3 heteroatoms. The highest BCUT2D eigenvalue weighted by molar-refractivity contribution is 5.96. The predicted octanol–water partition coefficient (Wildman–Crippen LogP) is 2.50. The number of aliphatic hydroxyl groups excluding tert-OH is 1. The van der Waals surface area contributed by atoms with Crippen LogP contribution in [0.1, 0.15) is 29.3 Å². The molecule has 1 aliphatic rings. The Morgan fingerprint density at radius 1 is 1.53 bits per heavy atom. The second kappa shape index (κ2) is 4.34. The highest BCUT2D eigenvalue weighted by Crippen LogP contribution is 2.36. The topological polar surface area (TPSA) is 49.3 Å². The molecule has 0 heterocycles. The van der Waals surface area contributed by atoms with E-state index < -0.39 is 0 Å².